The molecule has 1 atom stereocenters. The van der Waals surface area contributed by atoms with Crippen LogP contribution in [-0.4, -0.2) is 50.6 Å². The molecule has 1 unspecified atom stereocenters. The summed E-state index contributed by atoms with van der Waals surface area (Å²) in [5, 5.41) is 27.6. The Hall–Kier alpha value is -5.85. The Labute approximate surface area is 238 Å². The fourth-order valence-electron chi connectivity index (χ4n) is 4.44. The number of amides is 3. The zero-order valence-electron chi connectivity index (χ0n) is 21.7. The van der Waals surface area contributed by atoms with Crippen LogP contribution in [0, 0.1) is 0 Å². The van der Waals surface area contributed by atoms with Crippen LogP contribution in [-0.2, 0) is 0 Å². The van der Waals surface area contributed by atoms with Crippen molar-refractivity contribution in [2.45, 2.75) is 6.17 Å². The largest absolute Gasteiger partial charge is 0.478 e. The van der Waals surface area contributed by atoms with Crippen LogP contribution in [0.4, 0.5) is 11.4 Å². The normalized spacial score (nSPS) is 14.2. The summed E-state index contributed by atoms with van der Waals surface area (Å²) in [6, 6.07) is 26.4. The fourth-order valence-corrected chi connectivity index (χ4v) is 4.44. The maximum absolute atomic E-state index is 12.5. The summed E-state index contributed by atoms with van der Waals surface area (Å²) in [6.45, 7) is 0. The number of aromatic carboxylic acids is 1. The Kier molecular flexibility index (Phi) is 8.71. The molecule has 3 amide bonds. The molecule has 212 valence electrons. The number of carboxylic acid groups (broad SMARTS) is 1. The molecular formula is C30H24N4O8. The second kappa shape index (κ2) is 12.6. The smallest absolute Gasteiger partial charge is 0.336 e. The predicted molar refractivity (Wildman–Crippen MR) is 149 cm³/mol. The van der Waals surface area contributed by atoms with Crippen LogP contribution in [0.5, 0.6) is 0 Å². The lowest BCUT2D eigenvalue weighted by atomic mass is 10.1. The van der Waals surface area contributed by atoms with E-state index in [1.807, 2.05) is 0 Å². The Bertz CT molecular complexity index is 1690. The minimum atomic E-state index is -1.08. The van der Waals surface area contributed by atoms with E-state index >= 15 is 0 Å². The molecule has 0 spiro atoms. The number of carbonyl (C=O) groups is 5. The molecule has 0 saturated heterocycles. The van der Waals surface area contributed by atoms with Gasteiger partial charge in [-0.15, -0.1) is 0 Å². The van der Waals surface area contributed by atoms with Gasteiger partial charge in [0.1, 0.15) is 0 Å². The lowest BCUT2D eigenvalue weighted by Crippen LogP contribution is -2.46. The molecule has 6 N–H and O–H groups in total. The highest BCUT2D eigenvalue weighted by Crippen LogP contribution is 2.44. The van der Waals surface area contributed by atoms with E-state index in [0.29, 0.717) is 39.4 Å². The molecule has 0 aliphatic carbocycles. The summed E-state index contributed by atoms with van der Waals surface area (Å²) < 4.78 is 0. The predicted octanol–water partition coefficient (Wildman–Crippen LogP) is 3.78. The number of benzene rings is 4. The van der Waals surface area contributed by atoms with Crippen LogP contribution in [0.1, 0.15) is 63.5 Å². The number of fused-ring (bicyclic) bond motifs is 5. The van der Waals surface area contributed by atoms with E-state index in [0.717, 1.165) is 0 Å². The maximum atomic E-state index is 12.5. The third kappa shape index (κ3) is 5.56. The number of aldehydes is 1. The van der Waals surface area contributed by atoms with Gasteiger partial charge in [0.05, 0.1) is 22.4 Å². The summed E-state index contributed by atoms with van der Waals surface area (Å²) in [5.41, 5.74) is 9.82. The number of nitrogens with zero attached hydrogens (tertiary/aromatic N) is 2. The molecule has 0 saturated carbocycles. The molecule has 0 radical (unpaired) electrons. The number of rotatable bonds is 3. The number of nitrogens with one attached hydrogen (secondary N) is 1. The van der Waals surface area contributed by atoms with E-state index in [1.165, 1.54) is 28.6 Å². The van der Waals surface area contributed by atoms with Gasteiger partial charge in [0.2, 0.25) is 0 Å². The Morgan fingerprint density at radius 2 is 1.36 bits per heavy atom. The first kappa shape index (κ1) is 29.1. The van der Waals surface area contributed by atoms with Gasteiger partial charge >= 0.3 is 5.97 Å². The molecule has 4 aromatic carbocycles. The highest BCUT2D eigenvalue weighted by molar-refractivity contribution is 6.16. The first-order chi connectivity index (χ1) is 20.2. The molecule has 0 aromatic heterocycles. The summed E-state index contributed by atoms with van der Waals surface area (Å²) in [6.07, 6.45) is -0.246. The monoisotopic (exact) mass is 568 g/mol. The summed E-state index contributed by atoms with van der Waals surface area (Å²) in [5.74, 6) is -2.37. The highest BCUT2D eigenvalue weighted by atomic mass is 16.5. The Morgan fingerprint density at radius 1 is 0.786 bits per heavy atom. The van der Waals surface area contributed by atoms with Gasteiger partial charge in [-0.25, -0.2) is 10.3 Å². The van der Waals surface area contributed by atoms with Gasteiger partial charge < -0.3 is 10.8 Å². The maximum Gasteiger partial charge on any atom is 0.336 e. The first-order valence-electron chi connectivity index (χ1n) is 12.3. The number of para-hydroxylation sites is 2. The first-order valence-corrected chi connectivity index (χ1v) is 12.3. The van der Waals surface area contributed by atoms with E-state index in [-0.39, 0.29) is 22.6 Å². The Morgan fingerprint density at radius 3 is 1.98 bits per heavy atom. The number of hydrogen-bond acceptors (Lipinski definition) is 8. The molecular weight excluding hydrogens is 544 g/mol. The topological polar surface area (TPSA) is 191 Å². The van der Waals surface area contributed by atoms with Crippen molar-refractivity contribution in [2.75, 3.05) is 10.6 Å². The molecule has 0 fully saturated rings. The number of hydrogen-bond donors (Lipinski definition) is 5. The van der Waals surface area contributed by atoms with Gasteiger partial charge in [-0.1, -0.05) is 60.7 Å². The van der Waals surface area contributed by atoms with E-state index in [1.54, 1.807) is 78.9 Å². The summed E-state index contributed by atoms with van der Waals surface area (Å²) in [7, 11) is 0. The Balaban J connectivity index is 0.000000158. The second-order valence-electron chi connectivity index (χ2n) is 8.84. The van der Waals surface area contributed by atoms with Crippen molar-refractivity contribution in [2.24, 2.45) is 0 Å². The molecule has 2 aliphatic rings. The van der Waals surface area contributed by atoms with E-state index < -0.39 is 23.9 Å². The number of carboxylic acids is 1. The van der Waals surface area contributed by atoms with Crippen LogP contribution in [0.15, 0.2) is 97.1 Å². The number of nitrogen functional groups attached to an aromatic ring is 1. The van der Waals surface area contributed by atoms with Gasteiger partial charge in [0, 0.05) is 22.4 Å². The number of carbonyl (C=O) groups excluding carboxylic acids is 4. The van der Waals surface area contributed by atoms with Crippen molar-refractivity contribution in [1.29, 1.82) is 0 Å². The molecule has 2 heterocycles. The second-order valence-corrected chi connectivity index (χ2v) is 8.84. The SMILES string of the molecule is Nc1ccccc1C(=O)NO.O=C1c2ccccc2N2C(=O)c3ccccc3C2N1O.O=Cc1ccccc1C(=O)O. The van der Waals surface area contributed by atoms with Gasteiger partial charge in [-0.05, 0) is 36.4 Å². The lowest BCUT2D eigenvalue weighted by molar-refractivity contribution is -0.0901. The van der Waals surface area contributed by atoms with Crippen molar-refractivity contribution < 1.29 is 39.5 Å². The summed E-state index contributed by atoms with van der Waals surface area (Å²) in [4.78, 5) is 57.7. The average molecular weight is 569 g/mol. The molecule has 0 bridgehead atoms. The van der Waals surface area contributed by atoms with Crippen molar-refractivity contribution in [3.8, 4) is 0 Å². The highest BCUT2D eigenvalue weighted by Gasteiger charge is 2.47. The van der Waals surface area contributed by atoms with Crippen molar-refractivity contribution in [3.05, 3.63) is 130 Å². The molecule has 2 aliphatic heterocycles. The summed E-state index contributed by atoms with van der Waals surface area (Å²) >= 11 is 0. The van der Waals surface area contributed by atoms with E-state index in [4.69, 9.17) is 16.0 Å². The fraction of sp³-hybridized carbons (Fsp3) is 0.0333. The third-order valence-electron chi connectivity index (χ3n) is 6.39. The van der Waals surface area contributed by atoms with Crippen LogP contribution >= 0.6 is 0 Å². The minimum Gasteiger partial charge on any atom is -0.478 e. The quantitative estimate of drug-likeness (QED) is 0.106. The molecule has 42 heavy (non-hydrogen) atoms. The number of anilines is 2. The molecule has 6 rings (SSSR count). The van der Waals surface area contributed by atoms with Crippen molar-refractivity contribution in [3.63, 3.8) is 0 Å². The molecule has 12 nitrogen and oxygen atoms in total. The third-order valence-corrected chi connectivity index (χ3v) is 6.39. The minimum absolute atomic E-state index is 0.0440. The van der Waals surface area contributed by atoms with Crippen LogP contribution in [0.2, 0.25) is 0 Å². The van der Waals surface area contributed by atoms with Crippen LogP contribution in [0.25, 0.3) is 0 Å². The van der Waals surface area contributed by atoms with Crippen molar-refractivity contribution >= 4 is 41.4 Å². The lowest BCUT2D eigenvalue weighted by Gasteiger charge is -2.36. The van der Waals surface area contributed by atoms with Gasteiger partial charge in [0.15, 0.2) is 12.5 Å². The van der Waals surface area contributed by atoms with E-state index in [2.05, 4.69) is 0 Å². The molecule has 12 heteroatoms. The van der Waals surface area contributed by atoms with Gasteiger partial charge in [-0.3, -0.25) is 34.5 Å². The standard InChI is InChI=1S/C15H10N2O3.C8H6O3.C7H8N2O2/c18-14-10-6-2-1-5-9(10)13-16(14)12-8-4-3-7-11(12)15(19)17(13)20;9-5-6-3-1-2-4-7(6)8(10)11;8-6-4-2-1-3-5(6)7(10)9-11/h1-8,13,20H;1-5H,(H,10,11);1-4,11H,8H2,(H,9,10). The molecule has 4 aromatic rings. The zero-order valence-corrected chi connectivity index (χ0v) is 21.7. The van der Waals surface area contributed by atoms with Crippen LogP contribution < -0.4 is 16.1 Å². The van der Waals surface area contributed by atoms with Crippen molar-refractivity contribution in [1.82, 2.24) is 10.5 Å². The van der Waals surface area contributed by atoms with Crippen LogP contribution in [0.3, 0.4) is 0 Å². The number of hydroxylamine groups is 3. The average Bonchev–Trinajstić information content (AvgIpc) is 3.32. The number of nitrogens with two attached hydrogens (primary N) is 1. The van der Waals surface area contributed by atoms with Gasteiger partial charge in [-0.2, -0.15) is 5.06 Å². The van der Waals surface area contributed by atoms with Gasteiger partial charge in [0.25, 0.3) is 17.7 Å². The van der Waals surface area contributed by atoms with E-state index in [9.17, 15) is 29.2 Å². The zero-order chi connectivity index (χ0) is 30.4.